The molecule has 1 N–H and O–H groups in total. The summed E-state index contributed by atoms with van der Waals surface area (Å²) < 4.78 is 2.24. The summed E-state index contributed by atoms with van der Waals surface area (Å²) in [5, 5.41) is 3.38. The van der Waals surface area contributed by atoms with Crippen molar-refractivity contribution in [3.05, 3.63) is 59.9 Å². The fourth-order valence-corrected chi connectivity index (χ4v) is 3.50. The highest BCUT2D eigenvalue weighted by molar-refractivity contribution is 8.13. The molecule has 0 amide bonds. The number of nitrogens with zero attached hydrogens (tertiary/aromatic N) is 2. The number of carbonyl (C=O) groups excluding carboxylic acids is 1. The Kier molecular flexibility index (Phi) is 9.80. The lowest BCUT2D eigenvalue weighted by molar-refractivity contribution is -0.698. The van der Waals surface area contributed by atoms with Crippen LogP contribution in [0.3, 0.4) is 0 Å². The van der Waals surface area contributed by atoms with Crippen LogP contribution in [-0.4, -0.2) is 38.1 Å². The molecule has 0 saturated carbocycles. The van der Waals surface area contributed by atoms with Gasteiger partial charge < -0.3 is 10.2 Å². The predicted octanol–water partition coefficient (Wildman–Crippen LogP) is 3.86. The lowest BCUT2D eigenvalue weighted by Gasteiger charge is -2.19. The van der Waals surface area contributed by atoms with Gasteiger partial charge in [0.05, 0.1) is 0 Å². The van der Waals surface area contributed by atoms with Crippen LogP contribution in [0.4, 0.5) is 5.69 Å². The van der Waals surface area contributed by atoms with E-state index in [1.807, 2.05) is 13.1 Å². The lowest BCUT2D eigenvalue weighted by atomic mass is 10.1. The summed E-state index contributed by atoms with van der Waals surface area (Å²) in [6.45, 7) is 4.62. The number of aryl methyl sites for hydroxylation is 1. The van der Waals surface area contributed by atoms with Crippen LogP contribution in [0, 0.1) is 0 Å². The fraction of sp³-hybridized carbons (Fsp3) is 0.391. The molecule has 0 saturated heterocycles. The molecular formula is C23H32N3OS+. The van der Waals surface area contributed by atoms with Crippen LogP contribution in [0.15, 0.2) is 48.7 Å². The highest BCUT2D eigenvalue weighted by Gasteiger charge is 2.07. The molecule has 4 nitrogen and oxygen atoms in total. The molecule has 1 aromatic heterocycles. The summed E-state index contributed by atoms with van der Waals surface area (Å²) in [6.07, 6.45) is 8.52. The fourth-order valence-electron chi connectivity index (χ4n) is 2.94. The van der Waals surface area contributed by atoms with Crippen LogP contribution in [0.25, 0.3) is 12.2 Å². The number of hydrogen-bond donors (Lipinski definition) is 1. The number of benzene rings is 1. The topological polar surface area (TPSA) is 36.2 Å². The molecular weight excluding hydrogens is 366 g/mol. The Balaban J connectivity index is 1.95. The van der Waals surface area contributed by atoms with Gasteiger partial charge in [-0.05, 0) is 49.9 Å². The minimum absolute atomic E-state index is 0.189. The quantitative estimate of drug-likeness (QED) is 0.461. The van der Waals surface area contributed by atoms with Crippen molar-refractivity contribution in [1.82, 2.24) is 5.32 Å². The van der Waals surface area contributed by atoms with Crippen molar-refractivity contribution in [2.45, 2.75) is 26.3 Å². The first-order valence-corrected chi connectivity index (χ1v) is 10.8. The molecule has 2 rings (SSSR count). The maximum atomic E-state index is 11.1. The number of aromatic nitrogens is 1. The Morgan fingerprint density at radius 3 is 2.64 bits per heavy atom. The third-order valence-electron chi connectivity index (χ3n) is 4.53. The normalized spacial score (nSPS) is 11.1. The van der Waals surface area contributed by atoms with Gasteiger partial charge in [0.15, 0.2) is 11.3 Å². The predicted molar refractivity (Wildman–Crippen MR) is 122 cm³/mol. The van der Waals surface area contributed by atoms with Crippen LogP contribution in [-0.2, 0) is 11.3 Å². The highest BCUT2D eigenvalue weighted by Crippen LogP contribution is 2.15. The van der Waals surface area contributed by atoms with E-state index in [2.05, 4.69) is 76.6 Å². The Hall–Kier alpha value is -2.11. The molecule has 0 unspecified atom stereocenters. The Labute approximate surface area is 173 Å². The number of nitrogens with one attached hydrogen (secondary N) is 1. The Morgan fingerprint density at radius 1 is 1.14 bits per heavy atom. The number of hydrogen-bond acceptors (Lipinski definition) is 4. The van der Waals surface area contributed by atoms with Gasteiger partial charge in [0, 0.05) is 56.6 Å². The molecule has 28 heavy (non-hydrogen) atoms. The van der Waals surface area contributed by atoms with Crippen LogP contribution in [0.5, 0.6) is 0 Å². The summed E-state index contributed by atoms with van der Waals surface area (Å²) in [5.41, 5.74) is 3.60. The van der Waals surface area contributed by atoms with Gasteiger partial charge in [-0.25, -0.2) is 0 Å². The van der Waals surface area contributed by atoms with E-state index in [1.165, 1.54) is 28.7 Å². The SMILES string of the molecule is CNCCCN(C)c1ccc(/C=C/c2cccc[n+]2CCCSC(C)=O)cc1. The van der Waals surface area contributed by atoms with E-state index in [-0.39, 0.29) is 5.12 Å². The van der Waals surface area contributed by atoms with Gasteiger partial charge in [-0.1, -0.05) is 23.9 Å². The van der Waals surface area contributed by atoms with Crippen molar-refractivity contribution in [2.24, 2.45) is 0 Å². The summed E-state index contributed by atoms with van der Waals surface area (Å²) >= 11 is 1.40. The average Bonchev–Trinajstić information content (AvgIpc) is 2.70. The first kappa shape index (κ1) is 22.2. The van der Waals surface area contributed by atoms with Gasteiger partial charge in [0.2, 0.25) is 5.69 Å². The lowest BCUT2D eigenvalue weighted by Crippen LogP contribution is -2.36. The van der Waals surface area contributed by atoms with Crippen molar-refractivity contribution < 1.29 is 9.36 Å². The summed E-state index contributed by atoms with van der Waals surface area (Å²) in [5.74, 6) is 0.865. The maximum absolute atomic E-state index is 11.1. The molecule has 1 heterocycles. The molecule has 0 fully saturated rings. The van der Waals surface area contributed by atoms with Crippen molar-refractivity contribution in [3.63, 3.8) is 0 Å². The maximum Gasteiger partial charge on any atom is 0.205 e. The van der Waals surface area contributed by atoms with E-state index in [9.17, 15) is 4.79 Å². The number of thioether (sulfide) groups is 1. The minimum atomic E-state index is 0.189. The third kappa shape index (κ3) is 7.87. The summed E-state index contributed by atoms with van der Waals surface area (Å²) in [4.78, 5) is 13.3. The average molecular weight is 399 g/mol. The molecule has 0 aliphatic carbocycles. The smallest absolute Gasteiger partial charge is 0.205 e. The summed E-state index contributed by atoms with van der Waals surface area (Å²) in [6, 6.07) is 14.9. The molecule has 0 spiro atoms. The van der Waals surface area contributed by atoms with Gasteiger partial charge in [0.1, 0.15) is 6.54 Å². The van der Waals surface area contributed by atoms with E-state index >= 15 is 0 Å². The third-order valence-corrected chi connectivity index (χ3v) is 5.42. The standard InChI is InChI=1S/C23H32N3OS/c1-20(27)28-19-7-18-26-17-5-4-8-23(26)14-11-21-9-12-22(13-10-21)25(3)16-6-15-24-2/h4-5,8-14,17,24H,6-7,15-16,18-19H2,1-3H3/q+1. The number of anilines is 1. The van der Waals surface area contributed by atoms with Gasteiger partial charge in [0.25, 0.3) is 0 Å². The van der Waals surface area contributed by atoms with Crippen molar-refractivity contribution in [2.75, 3.05) is 37.8 Å². The molecule has 1 aromatic carbocycles. The molecule has 0 bridgehead atoms. The second-order valence-electron chi connectivity index (χ2n) is 6.82. The van der Waals surface area contributed by atoms with Crippen molar-refractivity contribution in [1.29, 1.82) is 0 Å². The largest absolute Gasteiger partial charge is 0.375 e. The molecule has 0 aliphatic rings. The zero-order chi connectivity index (χ0) is 20.2. The van der Waals surface area contributed by atoms with Gasteiger partial charge in [-0.3, -0.25) is 4.79 Å². The Bertz CT molecular complexity index is 759. The second kappa shape index (κ2) is 12.4. The van der Waals surface area contributed by atoms with Gasteiger partial charge in [-0.15, -0.1) is 0 Å². The number of carbonyl (C=O) groups is 1. The van der Waals surface area contributed by atoms with E-state index in [0.29, 0.717) is 0 Å². The van der Waals surface area contributed by atoms with E-state index in [4.69, 9.17) is 0 Å². The molecule has 0 atom stereocenters. The van der Waals surface area contributed by atoms with E-state index in [1.54, 1.807) is 6.92 Å². The zero-order valence-electron chi connectivity index (χ0n) is 17.2. The van der Waals surface area contributed by atoms with Gasteiger partial charge in [-0.2, -0.15) is 4.57 Å². The van der Waals surface area contributed by atoms with Crippen LogP contribution >= 0.6 is 11.8 Å². The molecule has 0 radical (unpaired) electrons. The van der Waals surface area contributed by atoms with Crippen molar-refractivity contribution >= 4 is 34.7 Å². The Morgan fingerprint density at radius 2 is 1.93 bits per heavy atom. The summed E-state index contributed by atoms with van der Waals surface area (Å²) in [7, 11) is 4.13. The van der Waals surface area contributed by atoms with Crippen LogP contribution in [0.1, 0.15) is 31.0 Å². The second-order valence-corrected chi connectivity index (χ2v) is 8.09. The van der Waals surface area contributed by atoms with Gasteiger partial charge >= 0.3 is 0 Å². The number of pyridine rings is 1. The number of rotatable bonds is 11. The molecule has 0 aliphatic heterocycles. The monoisotopic (exact) mass is 398 g/mol. The minimum Gasteiger partial charge on any atom is -0.375 e. The van der Waals surface area contributed by atoms with Crippen LogP contribution < -0.4 is 14.8 Å². The van der Waals surface area contributed by atoms with E-state index in [0.717, 1.165) is 38.2 Å². The molecule has 5 heteroatoms. The highest BCUT2D eigenvalue weighted by atomic mass is 32.2. The van der Waals surface area contributed by atoms with Crippen LogP contribution in [0.2, 0.25) is 0 Å². The first-order valence-electron chi connectivity index (χ1n) is 9.86. The first-order chi connectivity index (χ1) is 13.6. The molecule has 150 valence electrons. The molecule has 2 aromatic rings. The van der Waals surface area contributed by atoms with E-state index < -0.39 is 0 Å². The zero-order valence-corrected chi connectivity index (χ0v) is 18.0. The van der Waals surface area contributed by atoms with Crippen molar-refractivity contribution in [3.8, 4) is 0 Å².